The predicted molar refractivity (Wildman–Crippen MR) is 126 cm³/mol. The minimum absolute atomic E-state index is 0.112. The standard InChI is InChI=1S/C22H23BrN6O2/c1-14-4-3-5-17(12-14)25-22(31)29-10-8-28(9-11-29)20-18-13-16(23)6-7-19(18)26-21(27-20)24-15(2)30/h3-7,12-13H,8-11H2,1-2H3,(H,25,31)(H,24,26,27,30). The van der Waals surface area contributed by atoms with E-state index in [2.05, 4.69) is 41.4 Å². The summed E-state index contributed by atoms with van der Waals surface area (Å²) in [4.78, 5) is 37.1. The maximum Gasteiger partial charge on any atom is 0.321 e. The molecular weight excluding hydrogens is 460 g/mol. The van der Waals surface area contributed by atoms with Crippen LogP contribution < -0.4 is 15.5 Å². The van der Waals surface area contributed by atoms with Gasteiger partial charge in [0.15, 0.2) is 0 Å². The maximum absolute atomic E-state index is 12.7. The van der Waals surface area contributed by atoms with Crippen molar-refractivity contribution in [3.63, 3.8) is 0 Å². The molecule has 0 radical (unpaired) electrons. The summed E-state index contributed by atoms with van der Waals surface area (Å²) >= 11 is 3.51. The number of hydrogen-bond donors (Lipinski definition) is 2. The van der Waals surface area contributed by atoms with E-state index in [0.29, 0.717) is 26.2 Å². The highest BCUT2D eigenvalue weighted by molar-refractivity contribution is 9.10. The molecule has 1 fully saturated rings. The third-order valence-corrected chi connectivity index (χ3v) is 5.55. The average Bonchev–Trinajstić information content (AvgIpc) is 2.73. The van der Waals surface area contributed by atoms with E-state index in [0.717, 1.165) is 32.4 Å². The lowest BCUT2D eigenvalue weighted by molar-refractivity contribution is -0.114. The van der Waals surface area contributed by atoms with Gasteiger partial charge in [0, 0.05) is 48.6 Å². The van der Waals surface area contributed by atoms with E-state index in [9.17, 15) is 9.59 Å². The van der Waals surface area contributed by atoms with Crippen molar-refractivity contribution in [3.05, 3.63) is 52.5 Å². The summed E-state index contributed by atoms with van der Waals surface area (Å²) in [5.74, 6) is 0.797. The van der Waals surface area contributed by atoms with Gasteiger partial charge in [-0.1, -0.05) is 28.1 Å². The molecule has 0 atom stereocenters. The quantitative estimate of drug-likeness (QED) is 0.588. The lowest BCUT2D eigenvalue weighted by atomic mass is 10.2. The van der Waals surface area contributed by atoms with Crippen molar-refractivity contribution < 1.29 is 9.59 Å². The molecule has 0 saturated carbocycles. The molecule has 2 N–H and O–H groups in total. The van der Waals surface area contributed by atoms with E-state index in [-0.39, 0.29) is 17.9 Å². The van der Waals surface area contributed by atoms with E-state index in [1.54, 1.807) is 4.90 Å². The molecule has 160 valence electrons. The summed E-state index contributed by atoms with van der Waals surface area (Å²) in [5.41, 5.74) is 2.63. The molecular formula is C22H23BrN6O2. The van der Waals surface area contributed by atoms with E-state index < -0.39 is 0 Å². The number of fused-ring (bicyclic) bond motifs is 1. The van der Waals surface area contributed by atoms with Crippen molar-refractivity contribution in [2.45, 2.75) is 13.8 Å². The van der Waals surface area contributed by atoms with E-state index >= 15 is 0 Å². The van der Waals surface area contributed by atoms with Gasteiger partial charge >= 0.3 is 6.03 Å². The van der Waals surface area contributed by atoms with Gasteiger partial charge in [0.25, 0.3) is 0 Å². The first-order valence-electron chi connectivity index (χ1n) is 10.0. The number of amides is 3. The number of hydrogen-bond acceptors (Lipinski definition) is 5. The zero-order chi connectivity index (χ0) is 22.0. The van der Waals surface area contributed by atoms with Crippen molar-refractivity contribution in [1.82, 2.24) is 14.9 Å². The molecule has 1 aliphatic rings. The summed E-state index contributed by atoms with van der Waals surface area (Å²) in [5, 5.41) is 6.53. The molecule has 0 unspecified atom stereocenters. The Morgan fingerprint density at radius 3 is 2.48 bits per heavy atom. The summed E-state index contributed by atoms with van der Waals surface area (Å²) in [6.07, 6.45) is 0. The molecule has 0 spiro atoms. The molecule has 2 heterocycles. The number of rotatable bonds is 3. The molecule has 0 aliphatic carbocycles. The first-order chi connectivity index (χ1) is 14.9. The number of urea groups is 1. The summed E-state index contributed by atoms with van der Waals surface area (Å²) in [6.45, 7) is 5.80. The van der Waals surface area contributed by atoms with Crippen molar-refractivity contribution in [2.24, 2.45) is 0 Å². The molecule has 8 nitrogen and oxygen atoms in total. The second-order valence-electron chi connectivity index (χ2n) is 7.49. The summed E-state index contributed by atoms with van der Waals surface area (Å²) in [6, 6.07) is 13.4. The smallest absolute Gasteiger partial charge is 0.321 e. The van der Waals surface area contributed by atoms with E-state index in [1.165, 1.54) is 6.92 Å². The van der Waals surface area contributed by atoms with Gasteiger partial charge in [-0.3, -0.25) is 10.1 Å². The highest BCUT2D eigenvalue weighted by Crippen LogP contribution is 2.29. The van der Waals surface area contributed by atoms with E-state index in [4.69, 9.17) is 0 Å². The molecule has 31 heavy (non-hydrogen) atoms. The van der Waals surface area contributed by atoms with Gasteiger partial charge in [0.05, 0.1) is 5.52 Å². The first kappa shape index (κ1) is 21.0. The van der Waals surface area contributed by atoms with Crippen LogP contribution in [0.1, 0.15) is 12.5 Å². The maximum atomic E-state index is 12.7. The fourth-order valence-electron chi connectivity index (χ4n) is 3.59. The Morgan fingerprint density at radius 2 is 1.77 bits per heavy atom. The van der Waals surface area contributed by atoms with Gasteiger partial charge in [0.1, 0.15) is 5.82 Å². The fourth-order valence-corrected chi connectivity index (χ4v) is 3.95. The molecule has 0 bridgehead atoms. The molecule has 2 aromatic carbocycles. The Balaban J connectivity index is 1.52. The number of nitrogens with zero attached hydrogens (tertiary/aromatic N) is 4. The summed E-state index contributed by atoms with van der Waals surface area (Å²) in [7, 11) is 0. The van der Waals surface area contributed by atoms with Crippen molar-refractivity contribution >= 4 is 56.2 Å². The minimum Gasteiger partial charge on any atom is -0.352 e. The van der Waals surface area contributed by atoms with Gasteiger partial charge < -0.3 is 15.1 Å². The third-order valence-electron chi connectivity index (χ3n) is 5.06. The molecule has 1 saturated heterocycles. The van der Waals surface area contributed by atoms with Gasteiger partial charge in [0.2, 0.25) is 11.9 Å². The van der Waals surface area contributed by atoms with Crippen LogP contribution in [0.3, 0.4) is 0 Å². The average molecular weight is 483 g/mol. The number of halogens is 1. The Kier molecular flexibility index (Phi) is 6.03. The van der Waals surface area contributed by atoms with Gasteiger partial charge in [-0.15, -0.1) is 0 Å². The van der Waals surface area contributed by atoms with Gasteiger partial charge in [-0.05, 0) is 42.8 Å². The SMILES string of the molecule is CC(=O)Nc1nc(N2CCN(C(=O)Nc3cccc(C)c3)CC2)c2cc(Br)ccc2n1. The van der Waals surface area contributed by atoms with Crippen LogP contribution >= 0.6 is 15.9 Å². The van der Waals surface area contributed by atoms with E-state index in [1.807, 2.05) is 49.4 Å². The van der Waals surface area contributed by atoms with Gasteiger partial charge in [-0.25, -0.2) is 9.78 Å². The minimum atomic E-state index is -0.222. The topological polar surface area (TPSA) is 90.5 Å². The number of aromatic nitrogens is 2. The molecule has 3 aromatic rings. The Morgan fingerprint density at radius 1 is 1.00 bits per heavy atom. The Hall–Kier alpha value is -3.20. The Bertz CT molecular complexity index is 1140. The van der Waals surface area contributed by atoms with Crippen LogP contribution in [-0.2, 0) is 4.79 Å². The third kappa shape index (κ3) is 4.93. The van der Waals surface area contributed by atoms with Crippen molar-refractivity contribution in [2.75, 3.05) is 41.7 Å². The number of carbonyl (C=O) groups is 2. The molecule has 3 amide bonds. The second-order valence-corrected chi connectivity index (χ2v) is 8.40. The second kappa shape index (κ2) is 8.89. The lowest BCUT2D eigenvalue weighted by Gasteiger charge is -2.35. The van der Waals surface area contributed by atoms with Crippen LogP contribution in [0.25, 0.3) is 10.9 Å². The van der Waals surface area contributed by atoms with Crippen LogP contribution in [-0.4, -0.2) is 53.0 Å². The number of benzene rings is 2. The van der Waals surface area contributed by atoms with Crippen LogP contribution in [0.4, 0.5) is 22.2 Å². The zero-order valence-electron chi connectivity index (χ0n) is 17.4. The zero-order valence-corrected chi connectivity index (χ0v) is 18.9. The van der Waals surface area contributed by atoms with Crippen molar-refractivity contribution in [1.29, 1.82) is 0 Å². The number of anilines is 3. The van der Waals surface area contributed by atoms with Crippen LogP contribution in [0.5, 0.6) is 0 Å². The molecule has 4 rings (SSSR count). The van der Waals surface area contributed by atoms with Crippen LogP contribution in [0.2, 0.25) is 0 Å². The Labute approximate surface area is 188 Å². The fraction of sp³-hybridized carbons (Fsp3) is 0.273. The number of nitrogens with one attached hydrogen (secondary N) is 2. The normalized spacial score (nSPS) is 13.9. The van der Waals surface area contributed by atoms with Crippen LogP contribution in [0, 0.1) is 6.92 Å². The largest absolute Gasteiger partial charge is 0.352 e. The highest BCUT2D eigenvalue weighted by Gasteiger charge is 2.24. The molecule has 1 aromatic heterocycles. The van der Waals surface area contributed by atoms with Crippen LogP contribution in [0.15, 0.2) is 46.9 Å². The first-order valence-corrected chi connectivity index (χ1v) is 10.8. The summed E-state index contributed by atoms with van der Waals surface area (Å²) < 4.78 is 0.924. The number of carbonyl (C=O) groups excluding carboxylic acids is 2. The van der Waals surface area contributed by atoms with Crippen molar-refractivity contribution in [3.8, 4) is 0 Å². The highest BCUT2D eigenvalue weighted by atomic mass is 79.9. The predicted octanol–water partition coefficient (Wildman–Crippen LogP) is 4.01. The number of aryl methyl sites for hydroxylation is 1. The molecule has 9 heteroatoms. The monoisotopic (exact) mass is 482 g/mol. The van der Waals surface area contributed by atoms with Gasteiger partial charge in [-0.2, -0.15) is 4.98 Å². The number of piperazine rings is 1. The molecule has 1 aliphatic heterocycles. The lowest BCUT2D eigenvalue weighted by Crippen LogP contribution is -2.50.